The number of piperidine rings is 1. The van der Waals surface area contributed by atoms with Crippen molar-refractivity contribution < 1.29 is 18.7 Å². The van der Waals surface area contributed by atoms with Crippen LogP contribution >= 0.6 is 0 Å². The fraction of sp³-hybridized carbons (Fsp3) is 0.391. The van der Waals surface area contributed by atoms with Crippen LogP contribution in [0.1, 0.15) is 35.2 Å². The Hall–Kier alpha value is -2.89. The molecule has 1 fully saturated rings. The second kappa shape index (κ2) is 10.0. The molecule has 0 aliphatic carbocycles. The zero-order valence-electron chi connectivity index (χ0n) is 16.7. The number of nitrogens with one attached hydrogen (secondary N) is 1. The van der Waals surface area contributed by atoms with Crippen LogP contribution in [0.15, 0.2) is 48.5 Å². The van der Waals surface area contributed by atoms with Crippen molar-refractivity contribution in [3.8, 4) is 5.75 Å². The Labute approximate surface area is 170 Å². The van der Waals surface area contributed by atoms with Crippen LogP contribution in [-0.2, 0) is 4.79 Å². The molecule has 0 radical (unpaired) electrons. The summed E-state index contributed by atoms with van der Waals surface area (Å²) in [6, 6.07) is 13.4. The van der Waals surface area contributed by atoms with Gasteiger partial charge in [0.05, 0.1) is 12.5 Å². The number of aryl methyl sites for hydroxylation is 1. The second-order valence-corrected chi connectivity index (χ2v) is 7.41. The van der Waals surface area contributed by atoms with Crippen LogP contribution in [0.5, 0.6) is 5.75 Å². The molecule has 1 heterocycles. The first-order chi connectivity index (χ1) is 14.0. The third kappa shape index (κ3) is 6.04. The summed E-state index contributed by atoms with van der Waals surface area (Å²) in [4.78, 5) is 26.8. The van der Waals surface area contributed by atoms with Gasteiger partial charge in [-0.05, 0) is 68.1 Å². The van der Waals surface area contributed by atoms with Gasteiger partial charge in [0.15, 0.2) is 0 Å². The van der Waals surface area contributed by atoms with Crippen molar-refractivity contribution in [1.29, 1.82) is 0 Å². The molecule has 29 heavy (non-hydrogen) atoms. The van der Waals surface area contributed by atoms with Gasteiger partial charge in [-0.2, -0.15) is 0 Å². The standard InChI is InChI=1S/C23H27FN2O3/c1-17-5-2-7-21(15-17)29-14-4-12-25-22(27)19-6-3-13-26(16-19)23(28)18-8-10-20(24)11-9-18/h2,5,7-11,15,19H,3-4,6,12-14,16H2,1H3,(H,25,27). The number of nitrogens with zero attached hydrogens (tertiary/aromatic N) is 1. The van der Waals surface area contributed by atoms with Gasteiger partial charge in [0.25, 0.3) is 5.91 Å². The van der Waals surface area contributed by atoms with E-state index in [4.69, 9.17) is 4.74 Å². The highest BCUT2D eigenvalue weighted by Crippen LogP contribution is 2.19. The number of hydrogen-bond acceptors (Lipinski definition) is 3. The van der Waals surface area contributed by atoms with Crippen LogP contribution in [0.2, 0.25) is 0 Å². The summed E-state index contributed by atoms with van der Waals surface area (Å²) in [5.41, 5.74) is 1.59. The number of carbonyl (C=O) groups is 2. The SMILES string of the molecule is Cc1cccc(OCCCNC(=O)C2CCCN(C(=O)c3ccc(F)cc3)C2)c1. The first kappa shape index (κ1) is 20.8. The van der Waals surface area contributed by atoms with Crippen LogP contribution in [0.25, 0.3) is 0 Å². The van der Waals surface area contributed by atoms with E-state index in [1.165, 1.54) is 24.3 Å². The molecule has 0 bridgehead atoms. The highest BCUT2D eigenvalue weighted by molar-refractivity contribution is 5.94. The van der Waals surface area contributed by atoms with Crippen LogP contribution in [0.3, 0.4) is 0 Å². The Morgan fingerprint density at radius 3 is 2.76 bits per heavy atom. The average Bonchev–Trinajstić information content (AvgIpc) is 2.73. The molecule has 2 aromatic carbocycles. The summed E-state index contributed by atoms with van der Waals surface area (Å²) < 4.78 is 18.7. The molecule has 154 valence electrons. The van der Waals surface area contributed by atoms with Gasteiger partial charge >= 0.3 is 0 Å². The molecule has 1 unspecified atom stereocenters. The Morgan fingerprint density at radius 2 is 2.00 bits per heavy atom. The number of amides is 2. The minimum atomic E-state index is -0.371. The fourth-order valence-electron chi connectivity index (χ4n) is 3.47. The number of carbonyl (C=O) groups excluding carboxylic acids is 2. The lowest BCUT2D eigenvalue weighted by molar-refractivity contribution is -0.126. The Balaban J connectivity index is 1.41. The van der Waals surface area contributed by atoms with Crippen molar-refractivity contribution in [3.05, 3.63) is 65.5 Å². The quantitative estimate of drug-likeness (QED) is 0.726. The third-order valence-corrected chi connectivity index (χ3v) is 5.05. The van der Waals surface area contributed by atoms with Gasteiger partial charge in [0, 0.05) is 25.2 Å². The zero-order valence-corrected chi connectivity index (χ0v) is 16.7. The summed E-state index contributed by atoms with van der Waals surface area (Å²) in [5, 5.41) is 2.95. The molecule has 2 aromatic rings. The monoisotopic (exact) mass is 398 g/mol. The van der Waals surface area contributed by atoms with Gasteiger partial charge in [-0.25, -0.2) is 4.39 Å². The van der Waals surface area contributed by atoms with Crippen molar-refractivity contribution in [3.63, 3.8) is 0 Å². The van der Waals surface area contributed by atoms with Crippen molar-refractivity contribution in [2.75, 3.05) is 26.2 Å². The van der Waals surface area contributed by atoms with Crippen LogP contribution in [0.4, 0.5) is 4.39 Å². The molecular formula is C23H27FN2O3. The highest BCUT2D eigenvalue weighted by atomic mass is 19.1. The fourth-order valence-corrected chi connectivity index (χ4v) is 3.47. The number of halogens is 1. The summed E-state index contributed by atoms with van der Waals surface area (Å²) in [6.07, 6.45) is 2.25. The average molecular weight is 398 g/mol. The number of rotatable bonds is 7. The first-order valence-corrected chi connectivity index (χ1v) is 10.0. The molecule has 1 N–H and O–H groups in total. The molecule has 1 aliphatic rings. The Bertz CT molecular complexity index is 838. The molecule has 0 aromatic heterocycles. The maximum atomic E-state index is 13.1. The van der Waals surface area contributed by atoms with E-state index in [0.717, 1.165) is 24.2 Å². The molecule has 5 nitrogen and oxygen atoms in total. The van der Waals surface area contributed by atoms with Crippen molar-refractivity contribution in [1.82, 2.24) is 10.2 Å². The van der Waals surface area contributed by atoms with E-state index in [0.29, 0.717) is 38.2 Å². The molecule has 2 amide bonds. The van der Waals surface area contributed by atoms with Crippen LogP contribution in [-0.4, -0.2) is 43.0 Å². The van der Waals surface area contributed by atoms with Gasteiger partial charge in [-0.3, -0.25) is 9.59 Å². The normalized spacial score (nSPS) is 16.3. The first-order valence-electron chi connectivity index (χ1n) is 10.0. The zero-order chi connectivity index (χ0) is 20.6. The molecule has 1 atom stereocenters. The van der Waals surface area contributed by atoms with Crippen molar-refractivity contribution in [2.45, 2.75) is 26.2 Å². The minimum absolute atomic E-state index is 0.0304. The molecular weight excluding hydrogens is 371 g/mol. The lowest BCUT2D eigenvalue weighted by atomic mass is 9.96. The molecule has 0 saturated carbocycles. The van der Waals surface area contributed by atoms with E-state index in [-0.39, 0.29) is 23.5 Å². The number of hydrogen-bond donors (Lipinski definition) is 1. The topological polar surface area (TPSA) is 58.6 Å². The maximum Gasteiger partial charge on any atom is 0.253 e. The minimum Gasteiger partial charge on any atom is -0.494 e. The van der Waals surface area contributed by atoms with Crippen LogP contribution in [0, 0.1) is 18.7 Å². The Kier molecular flexibility index (Phi) is 7.22. The molecule has 6 heteroatoms. The smallest absolute Gasteiger partial charge is 0.253 e. The largest absolute Gasteiger partial charge is 0.494 e. The van der Waals surface area contributed by atoms with Gasteiger partial charge in [0.1, 0.15) is 11.6 Å². The maximum absolute atomic E-state index is 13.1. The van der Waals surface area contributed by atoms with Gasteiger partial charge in [-0.15, -0.1) is 0 Å². The molecule has 1 saturated heterocycles. The number of benzene rings is 2. The third-order valence-electron chi connectivity index (χ3n) is 5.05. The van der Waals surface area contributed by atoms with Gasteiger partial charge < -0.3 is 15.0 Å². The van der Waals surface area contributed by atoms with Crippen molar-refractivity contribution in [2.24, 2.45) is 5.92 Å². The predicted octanol–water partition coefficient (Wildman–Crippen LogP) is 3.57. The summed E-state index contributed by atoms with van der Waals surface area (Å²) in [6.45, 7) is 4.09. The number of ether oxygens (including phenoxy) is 1. The van der Waals surface area contributed by atoms with E-state index in [9.17, 15) is 14.0 Å². The van der Waals surface area contributed by atoms with E-state index < -0.39 is 0 Å². The van der Waals surface area contributed by atoms with Gasteiger partial charge in [-0.1, -0.05) is 12.1 Å². The predicted molar refractivity (Wildman–Crippen MR) is 109 cm³/mol. The lowest BCUT2D eigenvalue weighted by Crippen LogP contribution is -2.45. The van der Waals surface area contributed by atoms with E-state index in [2.05, 4.69) is 5.32 Å². The summed E-state index contributed by atoms with van der Waals surface area (Å²) in [5.74, 6) is 0.0550. The summed E-state index contributed by atoms with van der Waals surface area (Å²) in [7, 11) is 0. The summed E-state index contributed by atoms with van der Waals surface area (Å²) >= 11 is 0. The van der Waals surface area contributed by atoms with Gasteiger partial charge in [0.2, 0.25) is 5.91 Å². The van der Waals surface area contributed by atoms with Crippen LogP contribution < -0.4 is 10.1 Å². The van der Waals surface area contributed by atoms with E-state index in [1.54, 1.807) is 4.90 Å². The molecule has 3 rings (SSSR count). The number of likely N-dealkylation sites (tertiary alicyclic amines) is 1. The molecule has 0 spiro atoms. The lowest BCUT2D eigenvalue weighted by Gasteiger charge is -2.32. The van der Waals surface area contributed by atoms with E-state index >= 15 is 0 Å². The van der Waals surface area contributed by atoms with E-state index in [1.807, 2.05) is 31.2 Å². The van der Waals surface area contributed by atoms with Crippen molar-refractivity contribution >= 4 is 11.8 Å². The second-order valence-electron chi connectivity index (χ2n) is 7.41. The Morgan fingerprint density at radius 1 is 1.21 bits per heavy atom. The molecule has 1 aliphatic heterocycles. The highest BCUT2D eigenvalue weighted by Gasteiger charge is 2.28.